The van der Waals surface area contributed by atoms with Crippen molar-refractivity contribution < 1.29 is 9.53 Å². The molecule has 2 aliphatic rings. The van der Waals surface area contributed by atoms with Crippen molar-refractivity contribution in [2.75, 3.05) is 25.1 Å². The average molecular weight is 274 g/mol. The van der Waals surface area contributed by atoms with E-state index in [4.69, 9.17) is 10.5 Å². The summed E-state index contributed by atoms with van der Waals surface area (Å²) in [6.07, 6.45) is 5.16. The fourth-order valence-electron chi connectivity index (χ4n) is 3.48. The zero-order valence-electron chi connectivity index (χ0n) is 12.0. The Morgan fingerprint density at radius 3 is 2.85 bits per heavy atom. The predicted octanol–water partition coefficient (Wildman–Crippen LogP) is 2.27. The average Bonchev–Trinajstić information content (AvgIpc) is 2.98. The predicted molar refractivity (Wildman–Crippen MR) is 79.1 cm³/mol. The highest BCUT2D eigenvalue weighted by atomic mass is 16.5. The fraction of sp³-hybridized carbons (Fsp3) is 0.562. The lowest BCUT2D eigenvalue weighted by atomic mass is 9.84. The molecule has 3 rings (SSSR count). The zero-order valence-corrected chi connectivity index (χ0v) is 12.0. The number of hydrogen-bond donors (Lipinski definition) is 1. The summed E-state index contributed by atoms with van der Waals surface area (Å²) < 4.78 is 5.48. The van der Waals surface area contributed by atoms with E-state index >= 15 is 0 Å². The molecule has 1 unspecified atom stereocenters. The molecule has 0 spiro atoms. The van der Waals surface area contributed by atoms with Crippen molar-refractivity contribution in [2.45, 2.75) is 31.6 Å². The maximum atomic E-state index is 11.7. The summed E-state index contributed by atoms with van der Waals surface area (Å²) in [5, 5.41) is 0. The van der Waals surface area contributed by atoms with Gasteiger partial charge in [-0.3, -0.25) is 4.79 Å². The Bertz CT molecular complexity index is 509. The Hall–Kier alpha value is -1.55. The molecule has 1 aliphatic carbocycles. The van der Waals surface area contributed by atoms with E-state index in [1.165, 1.54) is 31.2 Å². The van der Waals surface area contributed by atoms with Crippen LogP contribution in [0.25, 0.3) is 0 Å². The van der Waals surface area contributed by atoms with E-state index in [-0.39, 0.29) is 12.5 Å². The smallest absolute Gasteiger partial charge is 0.264 e. The Morgan fingerprint density at radius 2 is 2.15 bits per heavy atom. The van der Waals surface area contributed by atoms with Gasteiger partial charge in [0.25, 0.3) is 5.91 Å². The quantitative estimate of drug-likeness (QED) is 0.920. The first-order valence-corrected chi connectivity index (χ1v) is 7.44. The molecule has 2 N–H and O–H groups in total. The number of nitrogens with two attached hydrogens (primary N) is 1. The van der Waals surface area contributed by atoms with Gasteiger partial charge >= 0.3 is 0 Å². The van der Waals surface area contributed by atoms with Crippen molar-refractivity contribution in [3.63, 3.8) is 0 Å². The number of ether oxygens (including phenoxy) is 1. The van der Waals surface area contributed by atoms with Crippen LogP contribution < -0.4 is 15.4 Å². The zero-order chi connectivity index (χ0) is 14.1. The van der Waals surface area contributed by atoms with Gasteiger partial charge in [0.2, 0.25) is 0 Å². The van der Waals surface area contributed by atoms with Crippen LogP contribution in [-0.2, 0) is 4.79 Å². The minimum absolute atomic E-state index is 0.000171. The first-order chi connectivity index (χ1) is 9.70. The summed E-state index contributed by atoms with van der Waals surface area (Å²) in [4.78, 5) is 13.4. The lowest BCUT2D eigenvalue weighted by Crippen LogP contribution is -2.35. The van der Waals surface area contributed by atoms with Gasteiger partial charge < -0.3 is 15.4 Å². The molecule has 20 heavy (non-hydrogen) atoms. The standard InChI is InChI=1S/C16H22N2O2/c1-18-14-8-12(6-7-15(14)20-10-16(18)19)13(9-17)11-4-2-3-5-11/h6-8,11,13H,2-5,9-10,17H2,1H3. The van der Waals surface area contributed by atoms with Crippen molar-refractivity contribution in [1.29, 1.82) is 0 Å². The Balaban J connectivity index is 1.92. The van der Waals surface area contributed by atoms with E-state index in [0.29, 0.717) is 18.4 Å². The number of rotatable bonds is 3. The van der Waals surface area contributed by atoms with Gasteiger partial charge in [0.15, 0.2) is 6.61 Å². The van der Waals surface area contributed by atoms with Gasteiger partial charge in [-0.1, -0.05) is 18.9 Å². The van der Waals surface area contributed by atoms with Gasteiger partial charge in [0.1, 0.15) is 5.75 Å². The van der Waals surface area contributed by atoms with Gasteiger partial charge in [0, 0.05) is 7.05 Å². The van der Waals surface area contributed by atoms with E-state index in [1.807, 2.05) is 6.07 Å². The van der Waals surface area contributed by atoms with Gasteiger partial charge in [-0.2, -0.15) is 0 Å². The van der Waals surface area contributed by atoms with Crippen molar-refractivity contribution in [1.82, 2.24) is 0 Å². The lowest BCUT2D eigenvalue weighted by Gasteiger charge is -2.29. The molecule has 1 fully saturated rings. The topological polar surface area (TPSA) is 55.6 Å². The van der Waals surface area contributed by atoms with Crippen LogP contribution in [0.15, 0.2) is 18.2 Å². The number of hydrogen-bond acceptors (Lipinski definition) is 3. The Kier molecular flexibility index (Phi) is 3.66. The number of amides is 1. The second kappa shape index (κ2) is 5.44. The number of anilines is 1. The van der Waals surface area contributed by atoms with Crippen LogP contribution in [0.4, 0.5) is 5.69 Å². The molecule has 1 aromatic rings. The van der Waals surface area contributed by atoms with Crippen LogP contribution >= 0.6 is 0 Å². The van der Waals surface area contributed by atoms with E-state index in [9.17, 15) is 4.79 Å². The molecule has 4 nitrogen and oxygen atoms in total. The number of benzene rings is 1. The normalized spacial score (nSPS) is 20.7. The van der Waals surface area contributed by atoms with Gasteiger partial charge in [-0.05, 0) is 48.9 Å². The molecule has 1 heterocycles. The van der Waals surface area contributed by atoms with Gasteiger partial charge in [0.05, 0.1) is 5.69 Å². The summed E-state index contributed by atoms with van der Waals surface area (Å²) in [7, 11) is 1.81. The van der Waals surface area contributed by atoms with Crippen molar-refractivity contribution >= 4 is 11.6 Å². The molecule has 0 saturated heterocycles. The molecular weight excluding hydrogens is 252 g/mol. The minimum atomic E-state index is -0.000171. The highest BCUT2D eigenvalue weighted by Gasteiger charge is 2.28. The number of nitrogens with zero attached hydrogens (tertiary/aromatic N) is 1. The van der Waals surface area contributed by atoms with Crippen LogP contribution in [0.2, 0.25) is 0 Å². The van der Waals surface area contributed by atoms with Gasteiger partial charge in [-0.25, -0.2) is 0 Å². The summed E-state index contributed by atoms with van der Waals surface area (Å²) in [6, 6.07) is 6.17. The second-order valence-corrected chi connectivity index (χ2v) is 5.86. The van der Waals surface area contributed by atoms with Gasteiger partial charge in [-0.15, -0.1) is 0 Å². The second-order valence-electron chi connectivity index (χ2n) is 5.86. The minimum Gasteiger partial charge on any atom is -0.482 e. The SMILES string of the molecule is CN1C(=O)COc2ccc(C(CN)C3CCCC3)cc21. The molecule has 1 amide bonds. The molecule has 0 bridgehead atoms. The van der Waals surface area contributed by atoms with Crippen LogP contribution in [-0.4, -0.2) is 26.1 Å². The van der Waals surface area contributed by atoms with Crippen molar-refractivity contribution in [2.24, 2.45) is 11.7 Å². The van der Waals surface area contributed by atoms with Crippen LogP contribution in [0, 0.1) is 5.92 Å². The first kappa shape index (κ1) is 13.4. The van der Waals surface area contributed by atoms with Crippen molar-refractivity contribution in [3.05, 3.63) is 23.8 Å². The number of carbonyl (C=O) groups excluding carboxylic acids is 1. The third kappa shape index (κ3) is 2.29. The third-order valence-corrected chi connectivity index (χ3v) is 4.72. The molecular formula is C16H22N2O2. The summed E-state index contributed by atoms with van der Waals surface area (Å²) >= 11 is 0. The number of likely N-dealkylation sites (N-methyl/N-ethyl adjacent to an activating group) is 1. The molecule has 108 valence electrons. The Morgan fingerprint density at radius 1 is 1.40 bits per heavy atom. The van der Waals surface area contributed by atoms with Crippen LogP contribution in [0.3, 0.4) is 0 Å². The van der Waals surface area contributed by atoms with Crippen LogP contribution in [0.1, 0.15) is 37.2 Å². The number of fused-ring (bicyclic) bond motifs is 1. The maximum absolute atomic E-state index is 11.7. The highest BCUT2D eigenvalue weighted by molar-refractivity contribution is 5.97. The number of carbonyl (C=O) groups is 1. The van der Waals surface area contributed by atoms with E-state index < -0.39 is 0 Å². The Labute approximate surface area is 119 Å². The van der Waals surface area contributed by atoms with E-state index in [2.05, 4.69) is 12.1 Å². The molecule has 1 aromatic carbocycles. The molecule has 1 aliphatic heterocycles. The summed E-state index contributed by atoms with van der Waals surface area (Å²) in [6.45, 7) is 0.799. The monoisotopic (exact) mass is 274 g/mol. The lowest BCUT2D eigenvalue weighted by molar-refractivity contribution is -0.120. The molecule has 0 radical (unpaired) electrons. The van der Waals surface area contributed by atoms with E-state index in [0.717, 1.165) is 11.4 Å². The molecule has 4 heteroatoms. The summed E-state index contributed by atoms with van der Waals surface area (Å²) in [5.74, 6) is 1.87. The van der Waals surface area contributed by atoms with Crippen molar-refractivity contribution in [3.8, 4) is 5.75 Å². The first-order valence-electron chi connectivity index (χ1n) is 7.44. The van der Waals surface area contributed by atoms with Crippen LogP contribution in [0.5, 0.6) is 5.75 Å². The largest absolute Gasteiger partial charge is 0.482 e. The maximum Gasteiger partial charge on any atom is 0.264 e. The summed E-state index contributed by atoms with van der Waals surface area (Å²) in [5.41, 5.74) is 8.12. The fourth-order valence-corrected chi connectivity index (χ4v) is 3.48. The van der Waals surface area contributed by atoms with E-state index in [1.54, 1.807) is 11.9 Å². The molecule has 1 atom stereocenters. The molecule has 1 saturated carbocycles. The molecule has 0 aromatic heterocycles. The third-order valence-electron chi connectivity index (χ3n) is 4.72. The highest BCUT2D eigenvalue weighted by Crippen LogP contribution is 2.40.